The van der Waals surface area contributed by atoms with Crippen molar-refractivity contribution in [1.82, 2.24) is 0 Å². The van der Waals surface area contributed by atoms with Gasteiger partial charge in [0.2, 0.25) is 0 Å². The van der Waals surface area contributed by atoms with Gasteiger partial charge in [-0.3, -0.25) is 19.2 Å². The molecule has 5 aromatic carbocycles. The van der Waals surface area contributed by atoms with Crippen LogP contribution >= 0.6 is 0 Å². The first-order chi connectivity index (χ1) is 21.8. The van der Waals surface area contributed by atoms with Crippen LogP contribution in [0.5, 0.6) is 17.2 Å². The number of carbonyl (C=O) groups excluding carboxylic acids is 4. The van der Waals surface area contributed by atoms with Crippen molar-refractivity contribution in [2.24, 2.45) is 0 Å². The van der Waals surface area contributed by atoms with Gasteiger partial charge in [0.15, 0.2) is 29.4 Å². The second-order valence-electron chi connectivity index (χ2n) is 10.2. The molecule has 8 nitrogen and oxygen atoms in total. The number of hydrogen-bond acceptors (Lipinski definition) is 8. The SMILES string of the molecule is COc1c(C(=O)c2ccc(O)cc2)cc(C=O)c(C(=O)c2ccc(C)cc2)c1C(=O)c1cccc(OOCc2ccccc2)c1. The van der Waals surface area contributed by atoms with E-state index >= 15 is 0 Å². The fraction of sp³-hybridized carbons (Fsp3) is 0.0811. The fourth-order valence-corrected chi connectivity index (χ4v) is 4.81. The zero-order chi connectivity index (χ0) is 31.9. The molecular weight excluding hydrogens is 572 g/mol. The van der Waals surface area contributed by atoms with Crippen LogP contribution in [-0.4, -0.2) is 35.9 Å². The van der Waals surface area contributed by atoms with E-state index in [4.69, 9.17) is 14.5 Å². The molecule has 0 radical (unpaired) electrons. The van der Waals surface area contributed by atoms with Gasteiger partial charge in [-0.25, -0.2) is 0 Å². The van der Waals surface area contributed by atoms with Crippen molar-refractivity contribution in [3.05, 3.63) is 159 Å². The number of aldehydes is 1. The molecule has 0 saturated heterocycles. The van der Waals surface area contributed by atoms with Gasteiger partial charge in [0.05, 0.1) is 18.2 Å². The average Bonchev–Trinajstić information content (AvgIpc) is 3.07. The van der Waals surface area contributed by atoms with Crippen molar-refractivity contribution >= 4 is 23.6 Å². The predicted octanol–water partition coefficient (Wildman–Crippen LogP) is 6.73. The van der Waals surface area contributed by atoms with Crippen LogP contribution in [0.1, 0.15) is 69.2 Å². The maximum absolute atomic E-state index is 14.3. The van der Waals surface area contributed by atoms with Gasteiger partial charge >= 0.3 is 0 Å². The zero-order valence-corrected chi connectivity index (χ0v) is 24.5. The van der Waals surface area contributed by atoms with E-state index in [9.17, 15) is 24.3 Å². The minimum Gasteiger partial charge on any atom is -0.508 e. The van der Waals surface area contributed by atoms with Crippen LogP contribution in [0.4, 0.5) is 0 Å². The van der Waals surface area contributed by atoms with E-state index in [1.165, 1.54) is 49.6 Å². The molecule has 5 aromatic rings. The van der Waals surface area contributed by atoms with E-state index in [-0.39, 0.29) is 62.8 Å². The number of benzene rings is 5. The summed E-state index contributed by atoms with van der Waals surface area (Å²) in [5.74, 6) is -1.86. The van der Waals surface area contributed by atoms with E-state index in [1.807, 2.05) is 37.3 Å². The Morgan fingerprint density at radius 2 is 1.36 bits per heavy atom. The first-order valence-electron chi connectivity index (χ1n) is 13.9. The fourth-order valence-electron chi connectivity index (χ4n) is 4.81. The lowest BCUT2D eigenvalue weighted by Gasteiger charge is -2.19. The van der Waals surface area contributed by atoms with Crippen LogP contribution in [0.25, 0.3) is 0 Å². The van der Waals surface area contributed by atoms with Crippen molar-refractivity contribution in [2.75, 3.05) is 7.11 Å². The predicted molar refractivity (Wildman–Crippen MR) is 166 cm³/mol. The van der Waals surface area contributed by atoms with Gasteiger partial charge in [0, 0.05) is 27.8 Å². The van der Waals surface area contributed by atoms with Gasteiger partial charge < -0.3 is 14.7 Å². The number of carbonyl (C=O) groups is 4. The summed E-state index contributed by atoms with van der Waals surface area (Å²) in [7, 11) is 1.28. The molecule has 45 heavy (non-hydrogen) atoms. The minimum atomic E-state index is -0.681. The molecule has 0 unspecified atom stereocenters. The monoisotopic (exact) mass is 600 g/mol. The van der Waals surface area contributed by atoms with Gasteiger partial charge in [-0.15, -0.1) is 0 Å². The van der Waals surface area contributed by atoms with Gasteiger partial charge in [-0.1, -0.05) is 72.3 Å². The van der Waals surface area contributed by atoms with E-state index in [0.29, 0.717) is 6.29 Å². The first kappa shape index (κ1) is 30.6. The Kier molecular flexibility index (Phi) is 9.26. The van der Waals surface area contributed by atoms with Crippen LogP contribution in [0, 0.1) is 6.92 Å². The molecule has 0 heterocycles. The molecule has 0 aromatic heterocycles. The highest BCUT2D eigenvalue weighted by Gasteiger charge is 2.32. The summed E-state index contributed by atoms with van der Waals surface area (Å²) in [6, 6.07) is 28.9. The quantitative estimate of drug-likeness (QED) is 0.0726. The molecule has 0 saturated carbocycles. The Morgan fingerprint density at radius 1 is 0.711 bits per heavy atom. The maximum atomic E-state index is 14.3. The summed E-state index contributed by atoms with van der Waals surface area (Å²) >= 11 is 0. The number of aryl methyl sites for hydroxylation is 1. The van der Waals surface area contributed by atoms with Gasteiger partial charge in [-0.2, -0.15) is 4.89 Å². The summed E-state index contributed by atoms with van der Waals surface area (Å²) in [5.41, 5.74) is 1.58. The van der Waals surface area contributed by atoms with E-state index in [1.54, 1.807) is 36.4 Å². The smallest absolute Gasteiger partial charge is 0.197 e. The van der Waals surface area contributed by atoms with Gasteiger partial charge in [0.1, 0.15) is 18.1 Å². The molecule has 0 aliphatic carbocycles. The molecule has 0 aliphatic heterocycles. The van der Waals surface area contributed by atoms with Crippen LogP contribution in [0.2, 0.25) is 0 Å². The van der Waals surface area contributed by atoms with Crippen molar-refractivity contribution in [1.29, 1.82) is 0 Å². The Labute approximate surface area is 259 Å². The number of ether oxygens (including phenoxy) is 1. The molecule has 0 bridgehead atoms. The number of ketones is 3. The third kappa shape index (κ3) is 6.71. The Bertz CT molecular complexity index is 1880. The van der Waals surface area contributed by atoms with Crippen molar-refractivity contribution in [3.8, 4) is 17.2 Å². The topological polar surface area (TPSA) is 116 Å². The second-order valence-corrected chi connectivity index (χ2v) is 10.2. The first-order valence-corrected chi connectivity index (χ1v) is 13.9. The standard InChI is InChI=1S/C37H28O8/c1-23-11-13-26(14-12-23)35(41)32-28(21-38)20-31(34(40)25-15-17-29(39)18-16-25)37(43-2)33(32)36(42)27-9-6-10-30(19-27)45-44-22-24-7-4-3-5-8-24/h3-21,39H,22H2,1-2H3. The molecule has 5 rings (SSSR count). The molecule has 0 spiro atoms. The summed E-state index contributed by atoms with van der Waals surface area (Å²) in [6.45, 7) is 2.03. The number of phenolic OH excluding ortho intramolecular Hbond substituents is 1. The number of aromatic hydroxyl groups is 1. The van der Waals surface area contributed by atoms with Crippen LogP contribution in [-0.2, 0) is 11.5 Å². The normalized spacial score (nSPS) is 10.6. The Morgan fingerprint density at radius 3 is 2.02 bits per heavy atom. The van der Waals surface area contributed by atoms with Crippen LogP contribution in [0.15, 0.2) is 109 Å². The third-order valence-electron chi connectivity index (χ3n) is 7.10. The van der Waals surface area contributed by atoms with Crippen molar-refractivity contribution < 1.29 is 38.8 Å². The average molecular weight is 601 g/mol. The minimum absolute atomic E-state index is 0.0446. The van der Waals surface area contributed by atoms with Gasteiger partial charge in [0.25, 0.3) is 0 Å². The molecule has 0 amide bonds. The van der Waals surface area contributed by atoms with Crippen LogP contribution in [0.3, 0.4) is 0 Å². The molecule has 0 fully saturated rings. The largest absolute Gasteiger partial charge is 0.508 e. The van der Waals surface area contributed by atoms with Crippen molar-refractivity contribution in [3.63, 3.8) is 0 Å². The number of rotatable bonds is 12. The van der Waals surface area contributed by atoms with E-state index < -0.39 is 17.3 Å². The van der Waals surface area contributed by atoms with Crippen molar-refractivity contribution in [2.45, 2.75) is 13.5 Å². The lowest BCUT2D eigenvalue weighted by Crippen LogP contribution is -2.19. The Balaban J connectivity index is 1.63. The third-order valence-corrected chi connectivity index (χ3v) is 7.10. The van der Waals surface area contributed by atoms with E-state index in [0.717, 1.165) is 11.1 Å². The summed E-state index contributed by atoms with van der Waals surface area (Å²) < 4.78 is 5.66. The molecule has 224 valence electrons. The lowest BCUT2D eigenvalue weighted by molar-refractivity contribution is -0.217. The van der Waals surface area contributed by atoms with E-state index in [2.05, 4.69) is 0 Å². The number of phenols is 1. The molecule has 0 atom stereocenters. The van der Waals surface area contributed by atoms with Gasteiger partial charge in [-0.05, 0) is 55.0 Å². The molecule has 0 aliphatic rings. The van der Waals surface area contributed by atoms with Crippen LogP contribution < -0.4 is 9.62 Å². The lowest BCUT2D eigenvalue weighted by atomic mass is 9.85. The zero-order valence-electron chi connectivity index (χ0n) is 24.5. The molecule has 8 heteroatoms. The molecular formula is C37H28O8. The summed E-state index contributed by atoms with van der Waals surface area (Å²) in [6.07, 6.45) is 0.433. The Hall–Kier alpha value is -5.86. The number of methoxy groups -OCH3 is 1. The second kappa shape index (κ2) is 13.6. The maximum Gasteiger partial charge on any atom is 0.197 e. The summed E-state index contributed by atoms with van der Waals surface area (Å²) in [5, 5.41) is 9.71. The number of hydrogen-bond donors (Lipinski definition) is 1. The molecule has 1 N–H and O–H groups in total. The highest BCUT2D eigenvalue weighted by atomic mass is 17.2. The highest BCUT2D eigenvalue weighted by molar-refractivity contribution is 6.25. The summed E-state index contributed by atoms with van der Waals surface area (Å²) in [4.78, 5) is 65.3. The highest BCUT2D eigenvalue weighted by Crippen LogP contribution is 2.35.